The van der Waals surface area contributed by atoms with Crippen LogP contribution in [0.2, 0.25) is 0 Å². The van der Waals surface area contributed by atoms with Crippen molar-refractivity contribution in [3.63, 3.8) is 0 Å². The van der Waals surface area contributed by atoms with E-state index in [4.69, 9.17) is 14.6 Å². The van der Waals surface area contributed by atoms with E-state index in [9.17, 15) is 23.4 Å². The summed E-state index contributed by atoms with van der Waals surface area (Å²) in [5.74, 6) is 0.765. The summed E-state index contributed by atoms with van der Waals surface area (Å²) in [5.41, 5.74) is 0.322. The Balaban J connectivity index is 1.89. The van der Waals surface area contributed by atoms with Crippen LogP contribution in [0.15, 0.2) is 53.4 Å². The van der Waals surface area contributed by atoms with Crippen LogP contribution in [-0.2, 0) is 16.4 Å². The molecule has 2 aromatic carbocycles. The van der Waals surface area contributed by atoms with E-state index in [2.05, 4.69) is 5.32 Å². The monoisotopic (exact) mass is 536 g/mol. The zero-order valence-electron chi connectivity index (χ0n) is 21.2. The van der Waals surface area contributed by atoms with E-state index in [-0.39, 0.29) is 37.8 Å². The lowest BCUT2D eigenvalue weighted by molar-refractivity contribution is 0.0901. The second-order valence-electron chi connectivity index (χ2n) is 9.97. The van der Waals surface area contributed by atoms with Gasteiger partial charge in [0.15, 0.2) is 11.5 Å². The predicted octanol–water partition coefficient (Wildman–Crippen LogP) is 2.83. The van der Waals surface area contributed by atoms with Crippen molar-refractivity contribution in [3.8, 4) is 11.5 Å². The molecule has 3 rings (SSSR count). The number of amides is 1. The molecule has 0 fully saturated rings. The van der Waals surface area contributed by atoms with Gasteiger partial charge in [-0.1, -0.05) is 50.6 Å². The fourth-order valence-electron chi connectivity index (χ4n) is 4.35. The van der Waals surface area contributed by atoms with Gasteiger partial charge in [0.25, 0.3) is 0 Å². The number of unbranched alkanes of at least 4 members (excludes halogenated alkanes) is 1. The molecule has 2 aromatic rings. The smallest absolute Gasteiger partial charge is 0.404 e. The molecule has 2 atom stereocenters. The van der Waals surface area contributed by atoms with Gasteiger partial charge in [-0.15, -0.1) is 0 Å². The number of nitrogens with one attached hydrogen (secondary N) is 1. The maximum atomic E-state index is 13.8. The Hall–Kier alpha value is -2.86. The van der Waals surface area contributed by atoms with Gasteiger partial charge in [0.05, 0.1) is 17.0 Å². The van der Waals surface area contributed by atoms with E-state index in [0.717, 1.165) is 5.56 Å². The molecule has 0 saturated heterocycles. The van der Waals surface area contributed by atoms with Crippen molar-refractivity contribution in [1.29, 1.82) is 0 Å². The molecule has 1 aliphatic heterocycles. The molecule has 1 aliphatic rings. The molecule has 0 saturated carbocycles. The molecule has 0 aromatic heterocycles. The first-order chi connectivity index (χ1) is 17.5. The van der Waals surface area contributed by atoms with Crippen molar-refractivity contribution in [1.82, 2.24) is 9.62 Å². The minimum atomic E-state index is -4.10. The maximum Gasteiger partial charge on any atom is 0.404 e. The number of sulfonamides is 1. The SMILES string of the molecule is CC(C)(CCCCO)CN(C[C@@H](O)[C@H](Cc1ccccc1)NC(=O)O)S(=O)(=O)c1ccc2c(c1)OCO2. The minimum Gasteiger partial charge on any atom is -0.465 e. The summed E-state index contributed by atoms with van der Waals surface area (Å²) in [6.45, 7) is 3.67. The normalized spacial score (nSPS) is 14.9. The summed E-state index contributed by atoms with van der Waals surface area (Å²) < 4.78 is 39.5. The topological polar surface area (TPSA) is 146 Å². The summed E-state index contributed by atoms with van der Waals surface area (Å²) in [5, 5.41) is 32.0. The number of carbonyl (C=O) groups is 1. The van der Waals surface area contributed by atoms with Gasteiger partial charge in [0, 0.05) is 25.8 Å². The van der Waals surface area contributed by atoms with Crippen molar-refractivity contribution >= 4 is 16.1 Å². The summed E-state index contributed by atoms with van der Waals surface area (Å²) in [4.78, 5) is 11.5. The Morgan fingerprint density at radius 2 is 1.81 bits per heavy atom. The Bertz CT molecular complexity index is 1140. The number of hydrogen-bond donors (Lipinski definition) is 4. The van der Waals surface area contributed by atoms with Crippen LogP contribution in [0, 0.1) is 5.41 Å². The first-order valence-corrected chi connectivity index (χ1v) is 13.7. The standard InChI is InChI=1S/C26H36N2O8S/c1-26(2,12-6-7-13-29)17-28(37(33,34)20-10-11-23-24(15-20)36-18-35-23)16-22(30)21(27-25(31)32)14-19-8-4-3-5-9-19/h3-5,8-11,15,21-22,27,29-30H,6-7,12-14,16-18H2,1-2H3,(H,31,32)/t21-,22+/m0/s1. The molecule has 37 heavy (non-hydrogen) atoms. The minimum absolute atomic E-state index is 0.00117. The molecule has 0 radical (unpaired) electrons. The van der Waals surface area contributed by atoms with Crippen LogP contribution in [-0.4, -0.2) is 72.8 Å². The number of aliphatic hydroxyl groups is 2. The summed E-state index contributed by atoms with van der Waals surface area (Å²) in [7, 11) is -4.10. The quantitative estimate of drug-likeness (QED) is 0.270. The summed E-state index contributed by atoms with van der Waals surface area (Å²) in [6.07, 6.45) is -0.490. The fraction of sp³-hybridized carbons (Fsp3) is 0.500. The molecular weight excluding hydrogens is 500 g/mol. The lowest BCUT2D eigenvalue weighted by Crippen LogP contribution is -2.51. The van der Waals surface area contributed by atoms with E-state index in [1.165, 1.54) is 22.5 Å². The van der Waals surface area contributed by atoms with Gasteiger partial charge < -0.3 is 30.1 Å². The van der Waals surface area contributed by atoms with Gasteiger partial charge in [-0.05, 0) is 42.4 Å². The third-order valence-corrected chi connectivity index (χ3v) is 8.12. The van der Waals surface area contributed by atoms with Crippen molar-refractivity contribution in [2.24, 2.45) is 5.41 Å². The van der Waals surface area contributed by atoms with Crippen LogP contribution in [0.5, 0.6) is 11.5 Å². The number of ether oxygens (including phenoxy) is 2. The maximum absolute atomic E-state index is 13.8. The molecule has 10 nitrogen and oxygen atoms in total. The summed E-state index contributed by atoms with van der Waals surface area (Å²) in [6, 6.07) is 12.5. The largest absolute Gasteiger partial charge is 0.465 e. The van der Waals surface area contributed by atoms with Crippen LogP contribution >= 0.6 is 0 Å². The Labute approximate surface area is 217 Å². The highest BCUT2D eigenvalue weighted by Crippen LogP contribution is 2.35. The van der Waals surface area contributed by atoms with Crippen molar-refractivity contribution < 1.29 is 38.0 Å². The predicted molar refractivity (Wildman–Crippen MR) is 137 cm³/mol. The van der Waals surface area contributed by atoms with E-state index >= 15 is 0 Å². The third kappa shape index (κ3) is 8.06. The summed E-state index contributed by atoms with van der Waals surface area (Å²) >= 11 is 0. The van der Waals surface area contributed by atoms with Crippen molar-refractivity contribution in [2.75, 3.05) is 26.5 Å². The first-order valence-electron chi connectivity index (χ1n) is 12.2. The molecule has 11 heteroatoms. The van der Waals surface area contributed by atoms with Crippen LogP contribution < -0.4 is 14.8 Å². The lowest BCUT2D eigenvalue weighted by atomic mass is 9.87. The average molecular weight is 537 g/mol. The molecule has 204 valence electrons. The van der Waals surface area contributed by atoms with Crippen molar-refractivity contribution in [3.05, 3.63) is 54.1 Å². The number of carboxylic acid groups (broad SMARTS) is 1. The van der Waals surface area contributed by atoms with E-state index in [0.29, 0.717) is 30.8 Å². The molecule has 0 unspecified atom stereocenters. The highest BCUT2D eigenvalue weighted by molar-refractivity contribution is 7.89. The zero-order chi connectivity index (χ0) is 27.1. The number of nitrogens with zero attached hydrogens (tertiary/aromatic N) is 1. The average Bonchev–Trinajstić information content (AvgIpc) is 3.31. The second kappa shape index (κ2) is 12.6. The highest BCUT2D eigenvalue weighted by atomic mass is 32.2. The molecule has 1 amide bonds. The van der Waals surface area contributed by atoms with E-state index < -0.39 is 33.7 Å². The number of hydrogen-bond acceptors (Lipinski definition) is 7. The van der Waals surface area contributed by atoms with Crippen molar-refractivity contribution in [2.45, 2.75) is 56.6 Å². The molecule has 0 bridgehead atoms. The Morgan fingerprint density at radius 1 is 1.11 bits per heavy atom. The second-order valence-corrected chi connectivity index (χ2v) is 11.9. The Morgan fingerprint density at radius 3 is 2.49 bits per heavy atom. The van der Waals surface area contributed by atoms with E-state index in [1.807, 2.05) is 44.2 Å². The lowest BCUT2D eigenvalue weighted by Gasteiger charge is -2.35. The van der Waals surface area contributed by atoms with Gasteiger partial charge in [0.1, 0.15) is 0 Å². The zero-order valence-corrected chi connectivity index (χ0v) is 22.0. The third-order valence-electron chi connectivity index (χ3n) is 6.31. The first kappa shape index (κ1) is 28.7. The van der Waals surface area contributed by atoms with Gasteiger partial charge in [-0.25, -0.2) is 13.2 Å². The van der Waals surface area contributed by atoms with Gasteiger partial charge in [0.2, 0.25) is 16.8 Å². The van der Waals surface area contributed by atoms with Gasteiger partial charge in [-0.2, -0.15) is 4.31 Å². The number of benzene rings is 2. The molecule has 0 aliphatic carbocycles. The van der Waals surface area contributed by atoms with Gasteiger partial charge >= 0.3 is 6.09 Å². The fourth-order valence-corrected chi connectivity index (χ4v) is 6.01. The molecule has 4 N–H and O–H groups in total. The molecule has 1 heterocycles. The van der Waals surface area contributed by atoms with Crippen LogP contribution in [0.3, 0.4) is 0 Å². The van der Waals surface area contributed by atoms with Crippen LogP contribution in [0.4, 0.5) is 4.79 Å². The highest BCUT2D eigenvalue weighted by Gasteiger charge is 2.35. The number of aliphatic hydroxyl groups excluding tert-OH is 2. The number of fused-ring (bicyclic) bond motifs is 1. The molecule has 0 spiro atoms. The van der Waals surface area contributed by atoms with Gasteiger partial charge in [-0.3, -0.25) is 0 Å². The van der Waals surface area contributed by atoms with Crippen LogP contribution in [0.1, 0.15) is 38.7 Å². The molecular formula is C26H36N2O8S. The number of rotatable bonds is 14. The van der Waals surface area contributed by atoms with E-state index in [1.54, 1.807) is 0 Å². The van der Waals surface area contributed by atoms with Crippen LogP contribution in [0.25, 0.3) is 0 Å². The Kier molecular flexibility index (Phi) is 9.77.